The second-order valence-corrected chi connectivity index (χ2v) is 9.80. The van der Waals surface area contributed by atoms with Gasteiger partial charge in [0.25, 0.3) is 5.91 Å². The fraction of sp³-hybridized carbons (Fsp3) is 0.333. The highest BCUT2D eigenvalue weighted by Gasteiger charge is 2.29. The number of pyridine rings is 1. The largest absolute Gasteiger partial charge is 0.467 e. The first-order valence-electron chi connectivity index (χ1n) is 12.0. The van der Waals surface area contributed by atoms with Gasteiger partial charge in [-0.05, 0) is 39.0 Å². The molecule has 0 saturated carbocycles. The third kappa shape index (κ3) is 4.95. The Hall–Kier alpha value is -4.14. The van der Waals surface area contributed by atoms with E-state index in [0.29, 0.717) is 55.0 Å². The van der Waals surface area contributed by atoms with Crippen molar-refractivity contribution in [1.82, 2.24) is 24.6 Å². The molecule has 5 rings (SSSR count). The molecule has 9 heteroatoms. The average molecular weight is 488 g/mol. The van der Waals surface area contributed by atoms with Gasteiger partial charge in [0.1, 0.15) is 17.9 Å². The van der Waals surface area contributed by atoms with Crippen molar-refractivity contribution in [2.45, 2.75) is 32.9 Å². The van der Waals surface area contributed by atoms with E-state index in [9.17, 15) is 9.59 Å². The maximum Gasteiger partial charge on any atom is 0.410 e. The Kier molecular flexibility index (Phi) is 6.22. The van der Waals surface area contributed by atoms with Crippen LogP contribution in [0.1, 0.15) is 36.9 Å². The summed E-state index contributed by atoms with van der Waals surface area (Å²) in [7, 11) is 0. The van der Waals surface area contributed by atoms with E-state index in [4.69, 9.17) is 14.1 Å². The minimum atomic E-state index is -0.559. The van der Waals surface area contributed by atoms with Crippen LogP contribution in [0.3, 0.4) is 0 Å². The predicted molar refractivity (Wildman–Crippen MR) is 134 cm³/mol. The van der Waals surface area contributed by atoms with Crippen LogP contribution in [0.25, 0.3) is 22.3 Å². The van der Waals surface area contributed by atoms with E-state index in [1.54, 1.807) is 26.9 Å². The number of piperazine rings is 1. The van der Waals surface area contributed by atoms with Crippen molar-refractivity contribution in [3.05, 3.63) is 72.3 Å². The molecule has 0 spiro atoms. The van der Waals surface area contributed by atoms with E-state index in [1.165, 1.54) is 0 Å². The summed E-state index contributed by atoms with van der Waals surface area (Å²) < 4.78 is 12.7. The Labute approximate surface area is 209 Å². The van der Waals surface area contributed by atoms with E-state index in [2.05, 4.69) is 5.10 Å². The molecule has 0 aliphatic carbocycles. The van der Waals surface area contributed by atoms with Crippen LogP contribution in [0.15, 0.2) is 65.4 Å². The fourth-order valence-electron chi connectivity index (χ4n) is 4.24. The molecular formula is C27H29N5O4. The lowest BCUT2D eigenvalue weighted by Gasteiger charge is -2.35. The van der Waals surface area contributed by atoms with Gasteiger partial charge in [0, 0.05) is 31.7 Å². The first-order chi connectivity index (χ1) is 17.3. The summed E-state index contributed by atoms with van der Waals surface area (Å²) in [6.45, 7) is 7.60. The Morgan fingerprint density at radius 1 is 1.00 bits per heavy atom. The van der Waals surface area contributed by atoms with Gasteiger partial charge in [0.05, 0.1) is 29.1 Å². The number of carbonyl (C=O) groups is 2. The smallest absolute Gasteiger partial charge is 0.410 e. The zero-order valence-electron chi connectivity index (χ0n) is 20.7. The summed E-state index contributed by atoms with van der Waals surface area (Å²) in [6, 6.07) is 15.3. The lowest BCUT2D eigenvalue weighted by molar-refractivity contribution is 0.0141. The van der Waals surface area contributed by atoms with Gasteiger partial charge < -0.3 is 19.0 Å². The first kappa shape index (κ1) is 23.6. The van der Waals surface area contributed by atoms with Gasteiger partial charge >= 0.3 is 6.09 Å². The number of rotatable bonds is 4. The fourth-order valence-corrected chi connectivity index (χ4v) is 4.24. The minimum Gasteiger partial charge on any atom is -0.467 e. The molecule has 4 heterocycles. The molecule has 0 N–H and O–H groups in total. The molecule has 1 saturated heterocycles. The Morgan fingerprint density at radius 3 is 2.39 bits per heavy atom. The number of nitrogens with zero attached hydrogens (tertiary/aromatic N) is 5. The minimum absolute atomic E-state index is 0.110. The van der Waals surface area contributed by atoms with Crippen LogP contribution in [0.2, 0.25) is 0 Å². The second kappa shape index (κ2) is 9.49. The predicted octanol–water partition coefficient (Wildman–Crippen LogP) is 4.43. The summed E-state index contributed by atoms with van der Waals surface area (Å²) in [5, 5.41) is 5.20. The van der Waals surface area contributed by atoms with E-state index < -0.39 is 5.60 Å². The average Bonchev–Trinajstić information content (AvgIpc) is 3.53. The number of furan rings is 1. The van der Waals surface area contributed by atoms with E-state index in [1.807, 2.05) is 69.3 Å². The monoisotopic (exact) mass is 487 g/mol. The van der Waals surface area contributed by atoms with Crippen LogP contribution in [0.4, 0.5) is 4.79 Å². The topological polar surface area (TPSA) is 93.7 Å². The number of hydrogen-bond donors (Lipinski definition) is 0. The highest BCUT2D eigenvalue weighted by Crippen LogP contribution is 2.27. The van der Waals surface area contributed by atoms with E-state index in [0.717, 1.165) is 11.3 Å². The molecule has 1 aliphatic rings. The number of ether oxygens (including phenoxy) is 1. The van der Waals surface area contributed by atoms with Crippen molar-refractivity contribution in [3.63, 3.8) is 0 Å². The molecule has 1 aliphatic heterocycles. The van der Waals surface area contributed by atoms with Crippen molar-refractivity contribution < 1.29 is 18.7 Å². The van der Waals surface area contributed by atoms with Crippen LogP contribution >= 0.6 is 0 Å². The van der Waals surface area contributed by atoms with Crippen LogP contribution in [-0.4, -0.2) is 68.3 Å². The molecule has 0 unspecified atom stereocenters. The molecule has 3 aromatic heterocycles. The molecule has 36 heavy (non-hydrogen) atoms. The summed E-state index contributed by atoms with van der Waals surface area (Å²) in [4.78, 5) is 34.5. The third-order valence-electron chi connectivity index (χ3n) is 6.01. The number of hydrogen-bond acceptors (Lipinski definition) is 6. The molecule has 1 fully saturated rings. The Morgan fingerprint density at radius 2 is 1.72 bits per heavy atom. The molecule has 0 bridgehead atoms. The van der Waals surface area contributed by atoms with Crippen LogP contribution in [-0.2, 0) is 11.3 Å². The van der Waals surface area contributed by atoms with Gasteiger partial charge in [-0.3, -0.25) is 4.79 Å². The molecule has 1 aromatic carbocycles. The van der Waals surface area contributed by atoms with Crippen LogP contribution in [0, 0.1) is 0 Å². The summed E-state index contributed by atoms with van der Waals surface area (Å²) >= 11 is 0. The molecule has 0 atom stereocenters. The molecule has 2 amide bonds. The van der Waals surface area contributed by atoms with Crippen molar-refractivity contribution in [2.24, 2.45) is 0 Å². The molecule has 0 radical (unpaired) electrons. The molecule has 4 aromatic rings. The van der Waals surface area contributed by atoms with Gasteiger partial charge in [0.2, 0.25) is 0 Å². The highest BCUT2D eigenvalue weighted by molar-refractivity contribution is 6.06. The Bertz CT molecular complexity index is 1360. The first-order valence-corrected chi connectivity index (χ1v) is 12.0. The van der Waals surface area contributed by atoms with Crippen molar-refractivity contribution in [1.29, 1.82) is 0 Å². The lowest BCUT2D eigenvalue weighted by Crippen LogP contribution is -2.51. The lowest BCUT2D eigenvalue weighted by atomic mass is 10.1. The van der Waals surface area contributed by atoms with Gasteiger partial charge in [-0.15, -0.1) is 0 Å². The summed E-state index contributed by atoms with van der Waals surface area (Å²) in [5.74, 6) is 0.638. The van der Waals surface area contributed by atoms with Crippen molar-refractivity contribution in [3.8, 4) is 11.3 Å². The maximum atomic E-state index is 13.7. The number of carbonyl (C=O) groups excluding carboxylic acids is 2. The van der Waals surface area contributed by atoms with E-state index in [-0.39, 0.29) is 12.0 Å². The Balaban J connectivity index is 1.44. The maximum absolute atomic E-state index is 13.7. The standard InChI is InChI=1S/C27H29N5O4/c1-27(2,3)36-26(34)31-13-11-30(12-14-31)25(33)21-16-23(19-8-5-4-6-9-19)29-24-22(21)17-28-32(24)18-20-10-7-15-35-20/h4-10,15-17H,11-14,18H2,1-3H3. The molecule has 9 nitrogen and oxygen atoms in total. The normalized spacial score (nSPS) is 14.3. The van der Waals surface area contributed by atoms with Crippen LogP contribution in [0.5, 0.6) is 0 Å². The highest BCUT2D eigenvalue weighted by atomic mass is 16.6. The number of amides is 2. The number of benzene rings is 1. The van der Waals surface area contributed by atoms with E-state index >= 15 is 0 Å². The van der Waals surface area contributed by atoms with Gasteiger partial charge in [-0.1, -0.05) is 30.3 Å². The van der Waals surface area contributed by atoms with Crippen LogP contribution < -0.4 is 0 Å². The molecule has 186 valence electrons. The number of aromatic nitrogens is 3. The van der Waals surface area contributed by atoms with Gasteiger partial charge in [-0.25, -0.2) is 14.5 Å². The van der Waals surface area contributed by atoms with Crippen molar-refractivity contribution in [2.75, 3.05) is 26.2 Å². The SMILES string of the molecule is CC(C)(C)OC(=O)N1CCN(C(=O)c2cc(-c3ccccc3)nc3c2cnn3Cc2ccco2)CC1. The zero-order chi connectivity index (χ0) is 25.3. The van der Waals surface area contributed by atoms with Gasteiger partial charge in [-0.2, -0.15) is 5.10 Å². The molecular weight excluding hydrogens is 458 g/mol. The number of fused-ring (bicyclic) bond motifs is 1. The summed E-state index contributed by atoms with van der Waals surface area (Å²) in [5.41, 5.74) is 2.20. The second-order valence-electron chi connectivity index (χ2n) is 9.80. The third-order valence-corrected chi connectivity index (χ3v) is 6.01. The van der Waals surface area contributed by atoms with Crippen molar-refractivity contribution >= 4 is 23.0 Å². The summed E-state index contributed by atoms with van der Waals surface area (Å²) in [6.07, 6.45) is 2.95. The van der Waals surface area contributed by atoms with Gasteiger partial charge in [0.15, 0.2) is 5.65 Å². The zero-order valence-corrected chi connectivity index (χ0v) is 20.7. The quantitative estimate of drug-likeness (QED) is 0.423.